The predicted octanol–water partition coefficient (Wildman–Crippen LogP) is 3.33. The number of ether oxygens (including phenoxy) is 1. The van der Waals surface area contributed by atoms with Crippen LogP contribution in [0.5, 0.6) is 0 Å². The molecular formula is C43H64N2O8. The van der Waals surface area contributed by atoms with E-state index < -0.39 is 63.2 Å². The first-order valence-corrected chi connectivity index (χ1v) is 21.4. The van der Waals surface area contributed by atoms with Gasteiger partial charge in [0, 0.05) is 48.9 Å². The molecule has 15 atom stereocenters. The van der Waals surface area contributed by atoms with Crippen LogP contribution in [0.3, 0.4) is 0 Å². The van der Waals surface area contributed by atoms with Gasteiger partial charge in [-0.05, 0) is 118 Å². The van der Waals surface area contributed by atoms with E-state index in [0.29, 0.717) is 63.3 Å². The van der Waals surface area contributed by atoms with E-state index in [1.165, 1.54) is 25.7 Å². The number of hydrogen-bond acceptors (Lipinski definition) is 10. The summed E-state index contributed by atoms with van der Waals surface area (Å²) in [5.41, 5.74) is -6.90. The minimum Gasteiger partial charge on any atom is -0.447 e. The second kappa shape index (κ2) is 12.7. The minimum absolute atomic E-state index is 0.150. The van der Waals surface area contributed by atoms with Gasteiger partial charge in [-0.2, -0.15) is 0 Å². The Morgan fingerprint density at radius 1 is 0.906 bits per heavy atom. The average Bonchev–Trinajstić information content (AvgIpc) is 3.81. The molecule has 0 aromatic carbocycles. The van der Waals surface area contributed by atoms with E-state index >= 15 is 0 Å². The number of aldehydes is 1. The molecule has 0 aromatic rings. The summed E-state index contributed by atoms with van der Waals surface area (Å²) >= 11 is 0. The molecule has 7 N–H and O–H groups in total. The molecule has 1 heterocycles. The fourth-order valence-corrected chi connectivity index (χ4v) is 15.9. The molecule has 0 saturated heterocycles. The molecule has 1 aliphatic heterocycles. The lowest BCUT2D eigenvalue weighted by molar-refractivity contribution is -0.375. The number of esters is 1. The lowest BCUT2D eigenvalue weighted by Gasteiger charge is -2.73. The molecule has 2 bridgehead atoms. The fourth-order valence-electron chi connectivity index (χ4n) is 15.9. The number of likely N-dealkylation sites (N-methyl/N-ethyl adjacent to an activating group) is 1. The maximum Gasteiger partial charge on any atom is 0.332 e. The predicted molar refractivity (Wildman–Crippen MR) is 197 cm³/mol. The molecule has 7 fully saturated rings. The Morgan fingerprint density at radius 2 is 1.68 bits per heavy atom. The lowest BCUT2D eigenvalue weighted by Crippen LogP contribution is -2.85. The zero-order valence-electron chi connectivity index (χ0n) is 31.9. The SMILES string of the molecule is CNCCNCC1=C[C@H]2C[C@@]3(O)[C@]4(CCCC[C@@]15OC(=O)C=C5[C@@H]24)CC[C@H]1[C@@]3(O)[C@H](O)[C@H]2C[C@@H]([C@@H](C)C3CCCC3)CC[C@H]3[C@@H](O)CC[C@@]1(C=O)[C@]23O. The highest BCUT2D eigenvalue weighted by Gasteiger charge is 2.85. The number of aliphatic hydroxyl groups is 5. The number of carbonyl (C=O) groups excluding carboxylic acids is 2. The number of nitrogens with one attached hydrogen (secondary N) is 2. The molecule has 0 radical (unpaired) electrons. The second-order valence-electron chi connectivity index (χ2n) is 19.5. The van der Waals surface area contributed by atoms with Gasteiger partial charge >= 0.3 is 5.97 Å². The summed E-state index contributed by atoms with van der Waals surface area (Å²) in [6, 6.07) is 0. The summed E-state index contributed by atoms with van der Waals surface area (Å²) < 4.78 is 6.33. The summed E-state index contributed by atoms with van der Waals surface area (Å²) in [5, 5.41) is 72.5. The van der Waals surface area contributed by atoms with Gasteiger partial charge in [0.05, 0.1) is 23.2 Å². The van der Waals surface area contributed by atoms with Crippen molar-refractivity contribution in [2.24, 2.45) is 58.2 Å². The molecule has 0 aromatic heterocycles. The standard InChI is InChI=1S/C43H64N2O8/c1-25(26-7-3-4-8-26)27-9-10-30-33(47)11-15-39(24-46)34-12-16-38-13-5-6-14-40-29(23-45-18-17-44-2)19-28(36(38)31(40)21-35(48)53-40)22-41(38,50)43(34,52)37(49)32(20-27)42(30,39)51/h19,21,24-28,30,32-34,36-37,44-45,47,49-52H,3-18,20,22-23H2,1-2H3/t25-,27-,28-,30-,32+,33-,34+,36+,37+,38+,39-,40+,41+,42+,43+/m0/s1. The molecule has 10 nitrogen and oxygen atoms in total. The van der Waals surface area contributed by atoms with Crippen LogP contribution in [0, 0.1) is 58.2 Å². The number of aliphatic hydroxyl groups excluding tert-OH is 2. The molecule has 7 saturated carbocycles. The Bertz CT molecular complexity index is 1560. The highest BCUT2D eigenvalue weighted by Crippen LogP contribution is 2.78. The fraction of sp³-hybridized carbons (Fsp3) is 0.860. The molecule has 9 rings (SSSR count). The van der Waals surface area contributed by atoms with Crippen molar-refractivity contribution in [2.75, 3.05) is 26.7 Å². The number of carbonyl (C=O) groups is 2. The van der Waals surface area contributed by atoms with Crippen molar-refractivity contribution in [1.82, 2.24) is 10.6 Å². The van der Waals surface area contributed by atoms with Crippen molar-refractivity contribution in [2.45, 2.75) is 144 Å². The normalized spacial score (nSPS) is 52.0. The summed E-state index contributed by atoms with van der Waals surface area (Å²) in [7, 11) is 1.91. The lowest BCUT2D eigenvalue weighted by atomic mass is 9.35. The Hall–Kier alpha value is -1.66. The van der Waals surface area contributed by atoms with Crippen LogP contribution in [-0.2, 0) is 14.3 Å². The topological polar surface area (TPSA) is 169 Å². The highest BCUT2D eigenvalue weighted by molar-refractivity contribution is 5.88. The van der Waals surface area contributed by atoms with Crippen molar-refractivity contribution in [3.8, 4) is 0 Å². The summed E-state index contributed by atoms with van der Waals surface area (Å²) in [5.74, 6) is -2.17. The first-order valence-electron chi connectivity index (χ1n) is 21.4. The number of fused-ring (bicyclic) bond motifs is 3. The van der Waals surface area contributed by atoms with E-state index in [4.69, 9.17) is 4.74 Å². The highest BCUT2D eigenvalue weighted by atomic mass is 16.6. The van der Waals surface area contributed by atoms with Crippen molar-refractivity contribution in [3.05, 3.63) is 23.3 Å². The van der Waals surface area contributed by atoms with Gasteiger partial charge < -0.3 is 45.7 Å². The Kier molecular flexibility index (Phi) is 8.83. The second-order valence-corrected chi connectivity index (χ2v) is 19.5. The van der Waals surface area contributed by atoms with Crippen molar-refractivity contribution in [1.29, 1.82) is 0 Å². The van der Waals surface area contributed by atoms with Gasteiger partial charge in [0.1, 0.15) is 17.5 Å². The van der Waals surface area contributed by atoms with E-state index in [1.807, 2.05) is 7.05 Å². The largest absolute Gasteiger partial charge is 0.447 e. The third-order valence-electron chi connectivity index (χ3n) is 18.2. The third kappa shape index (κ3) is 4.52. The monoisotopic (exact) mass is 736 g/mol. The molecule has 1 spiro atoms. The Labute approximate surface area is 314 Å². The molecule has 8 aliphatic carbocycles. The molecule has 53 heavy (non-hydrogen) atoms. The van der Waals surface area contributed by atoms with Gasteiger partial charge in [-0.15, -0.1) is 0 Å². The quantitative estimate of drug-likeness (QED) is 0.0850. The van der Waals surface area contributed by atoms with Gasteiger partial charge in [0.15, 0.2) is 5.60 Å². The summed E-state index contributed by atoms with van der Waals surface area (Å²) in [6.07, 6.45) is 13.5. The van der Waals surface area contributed by atoms with Crippen molar-refractivity contribution < 1.29 is 39.9 Å². The molecule has 0 amide bonds. The van der Waals surface area contributed by atoms with Crippen LogP contribution in [-0.4, -0.2) is 99.1 Å². The number of rotatable bonds is 8. The Morgan fingerprint density at radius 3 is 2.43 bits per heavy atom. The van der Waals surface area contributed by atoms with E-state index in [9.17, 15) is 35.1 Å². The van der Waals surface area contributed by atoms with Crippen LogP contribution in [0.15, 0.2) is 23.3 Å². The average molecular weight is 737 g/mol. The van der Waals surface area contributed by atoms with Crippen LogP contribution in [0.2, 0.25) is 0 Å². The maximum atomic E-state index is 14.0. The van der Waals surface area contributed by atoms with Crippen LogP contribution in [0.4, 0.5) is 0 Å². The zero-order valence-corrected chi connectivity index (χ0v) is 31.9. The van der Waals surface area contributed by atoms with Gasteiger partial charge in [-0.1, -0.05) is 45.1 Å². The molecule has 9 aliphatic rings. The summed E-state index contributed by atoms with van der Waals surface area (Å²) in [4.78, 5) is 27.3. The minimum atomic E-state index is -2.09. The van der Waals surface area contributed by atoms with Crippen molar-refractivity contribution in [3.63, 3.8) is 0 Å². The number of hydrogen-bond donors (Lipinski definition) is 7. The van der Waals surface area contributed by atoms with Crippen molar-refractivity contribution >= 4 is 12.3 Å². The first-order chi connectivity index (χ1) is 25.4. The number of allylic oxidation sites excluding steroid dienone is 1. The smallest absolute Gasteiger partial charge is 0.332 e. The summed E-state index contributed by atoms with van der Waals surface area (Å²) in [6.45, 7) is 4.36. The van der Waals surface area contributed by atoms with E-state index in [-0.39, 0.29) is 36.6 Å². The van der Waals surface area contributed by atoms with E-state index in [1.54, 1.807) is 6.08 Å². The van der Waals surface area contributed by atoms with Gasteiger partial charge in [0.25, 0.3) is 0 Å². The van der Waals surface area contributed by atoms with Gasteiger partial charge in [-0.25, -0.2) is 4.79 Å². The molecule has 10 heteroatoms. The molecular weight excluding hydrogens is 672 g/mol. The third-order valence-corrected chi connectivity index (χ3v) is 18.2. The van der Waals surface area contributed by atoms with Crippen LogP contribution in [0.25, 0.3) is 0 Å². The van der Waals surface area contributed by atoms with Crippen LogP contribution in [0.1, 0.15) is 110 Å². The van der Waals surface area contributed by atoms with Gasteiger partial charge in [-0.3, -0.25) is 0 Å². The first kappa shape index (κ1) is 36.9. The maximum absolute atomic E-state index is 14.0. The zero-order chi connectivity index (χ0) is 37.2. The van der Waals surface area contributed by atoms with Gasteiger partial charge in [0.2, 0.25) is 0 Å². The molecule has 294 valence electrons. The van der Waals surface area contributed by atoms with Crippen LogP contribution >= 0.6 is 0 Å². The van der Waals surface area contributed by atoms with Crippen LogP contribution < -0.4 is 10.6 Å². The van der Waals surface area contributed by atoms with E-state index in [0.717, 1.165) is 49.8 Å². The van der Waals surface area contributed by atoms with E-state index in [2.05, 4.69) is 23.6 Å². The Balaban J connectivity index is 1.19. The molecule has 0 unspecified atom stereocenters.